The number of fused-ring (bicyclic) bond motifs is 1. The summed E-state index contributed by atoms with van der Waals surface area (Å²) in [6.07, 6.45) is 4.73. The Labute approximate surface area is 109 Å². The monoisotopic (exact) mass is 246 g/mol. The van der Waals surface area contributed by atoms with Crippen LogP contribution in [0.2, 0.25) is 0 Å². The topological polar surface area (TPSA) is 41.1 Å². The molecule has 2 rings (SSSR count). The second-order valence-corrected chi connectivity index (χ2v) is 4.95. The molecule has 1 heterocycles. The molecule has 0 spiro atoms. The number of nitrogens with one attached hydrogen (secondary N) is 2. The highest BCUT2D eigenvalue weighted by atomic mass is 16.2. The number of rotatable bonds is 5. The van der Waals surface area contributed by atoms with Crippen molar-refractivity contribution in [2.45, 2.75) is 45.7 Å². The van der Waals surface area contributed by atoms with Crippen LogP contribution in [-0.4, -0.2) is 12.1 Å². The summed E-state index contributed by atoms with van der Waals surface area (Å²) >= 11 is 0. The summed E-state index contributed by atoms with van der Waals surface area (Å²) in [5, 5.41) is 6.54. The average molecular weight is 246 g/mol. The minimum Gasteiger partial charge on any atom is -0.364 e. The standard InChI is InChI=1S/C15H22N2O/c1-3-5-8-11(4-2)14-16-13-10-7-6-9-12(13)15(18)17-14/h6-7,9-11,14,16H,3-5,8H2,1-2H3,(H,17,18)/t11-,14-/m1/s1. The number of hydrogen-bond acceptors (Lipinski definition) is 2. The van der Waals surface area contributed by atoms with E-state index < -0.39 is 0 Å². The third-order valence-electron chi connectivity index (χ3n) is 3.69. The Morgan fingerprint density at radius 3 is 2.72 bits per heavy atom. The number of hydrogen-bond donors (Lipinski definition) is 2. The Morgan fingerprint density at radius 1 is 1.22 bits per heavy atom. The van der Waals surface area contributed by atoms with Gasteiger partial charge in [0, 0.05) is 5.69 Å². The Balaban J connectivity index is 2.11. The van der Waals surface area contributed by atoms with Gasteiger partial charge in [0.15, 0.2) is 0 Å². The molecular formula is C15H22N2O. The van der Waals surface area contributed by atoms with Gasteiger partial charge in [-0.2, -0.15) is 0 Å². The quantitative estimate of drug-likeness (QED) is 0.836. The molecule has 3 heteroatoms. The maximum atomic E-state index is 12.0. The molecule has 0 aromatic heterocycles. The van der Waals surface area contributed by atoms with Crippen LogP contribution in [0.1, 0.15) is 49.9 Å². The summed E-state index contributed by atoms with van der Waals surface area (Å²) in [4.78, 5) is 12.0. The van der Waals surface area contributed by atoms with Crippen LogP contribution in [0.25, 0.3) is 0 Å². The van der Waals surface area contributed by atoms with Crippen molar-refractivity contribution in [1.29, 1.82) is 0 Å². The summed E-state index contributed by atoms with van der Waals surface area (Å²) in [5.74, 6) is 0.548. The Morgan fingerprint density at radius 2 is 2.00 bits per heavy atom. The predicted octanol–water partition coefficient (Wildman–Crippen LogP) is 3.38. The van der Waals surface area contributed by atoms with E-state index >= 15 is 0 Å². The second-order valence-electron chi connectivity index (χ2n) is 4.95. The third-order valence-corrected chi connectivity index (χ3v) is 3.69. The van der Waals surface area contributed by atoms with Crippen molar-refractivity contribution < 1.29 is 4.79 Å². The lowest BCUT2D eigenvalue weighted by Gasteiger charge is -2.33. The van der Waals surface area contributed by atoms with Crippen molar-refractivity contribution in [3.8, 4) is 0 Å². The minimum absolute atomic E-state index is 0.0456. The molecule has 3 nitrogen and oxygen atoms in total. The van der Waals surface area contributed by atoms with Crippen LogP contribution in [0.4, 0.5) is 5.69 Å². The van der Waals surface area contributed by atoms with Crippen LogP contribution < -0.4 is 10.6 Å². The van der Waals surface area contributed by atoms with Gasteiger partial charge >= 0.3 is 0 Å². The van der Waals surface area contributed by atoms with Crippen molar-refractivity contribution >= 4 is 11.6 Å². The summed E-state index contributed by atoms with van der Waals surface area (Å²) in [6, 6.07) is 7.71. The molecule has 0 aliphatic carbocycles. The summed E-state index contributed by atoms with van der Waals surface area (Å²) in [5.41, 5.74) is 1.71. The van der Waals surface area contributed by atoms with Gasteiger partial charge < -0.3 is 10.6 Å². The fraction of sp³-hybridized carbons (Fsp3) is 0.533. The van der Waals surface area contributed by atoms with E-state index in [9.17, 15) is 4.79 Å². The lowest BCUT2D eigenvalue weighted by atomic mass is 9.94. The zero-order chi connectivity index (χ0) is 13.0. The molecule has 0 bridgehead atoms. The lowest BCUT2D eigenvalue weighted by molar-refractivity contribution is 0.0919. The van der Waals surface area contributed by atoms with Crippen LogP contribution in [0.5, 0.6) is 0 Å². The molecule has 0 radical (unpaired) electrons. The fourth-order valence-corrected chi connectivity index (χ4v) is 2.54. The van der Waals surface area contributed by atoms with E-state index in [0.717, 1.165) is 24.1 Å². The zero-order valence-corrected chi connectivity index (χ0v) is 11.2. The molecule has 1 amide bonds. The first-order valence-corrected chi connectivity index (χ1v) is 6.92. The van der Waals surface area contributed by atoms with Gasteiger partial charge in [0.2, 0.25) is 0 Å². The van der Waals surface area contributed by atoms with Crippen LogP contribution in [0.15, 0.2) is 24.3 Å². The number of unbranched alkanes of at least 4 members (excludes halogenated alkanes) is 1. The number of carbonyl (C=O) groups excluding carboxylic acids is 1. The van der Waals surface area contributed by atoms with Crippen molar-refractivity contribution in [2.75, 3.05) is 5.32 Å². The molecule has 1 aromatic carbocycles. The van der Waals surface area contributed by atoms with Crippen LogP contribution >= 0.6 is 0 Å². The first-order valence-electron chi connectivity index (χ1n) is 6.92. The molecule has 98 valence electrons. The number of amides is 1. The average Bonchev–Trinajstić information content (AvgIpc) is 2.40. The van der Waals surface area contributed by atoms with E-state index in [4.69, 9.17) is 0 Å². The summed E-state index contributed by atoms with van der Waals surface area (Å²) in [6.45, 7) is 4.39. The van der Waals surface area contributed by atoms with Gasteiger partial charge in [-0.3, -0.25) is 4.79 Å². The molecule has 18 heavy (non-hydrogen) atoms. The highest BCUT2D eigenvalue weighted by molar-refractivity contribution is 6.01. The molecule has 0 fully saturated rings. The predicted molar refractivity (Wildman–Crippen MR) is 74.6 cm³/mol. The van der Waals surface area contributed by atoms with E-state index in [-0.39, 0.29) is 12.1 Å². The molecule has 0 unspecified atom stereocenters. The molecule has 2 atom stereocenters. The Bertz CT molecular complexity index is 417. The SMILES string of the molecule is CCCC[C@@H](CC)[C@H]1NC(=O)c2ccccc2N1. The molecular weight excluding hydrogens is 224 g/mol. The van der Waals surface area contributed by atoms with Crippen molar-refractivity contribution in [3.05, 3.63) is 29.8 Å². The largest absolute Gasteiger partial charge is 0.364 e. The van der Waals surface area contributed by atoms with E-state index in [1.165, 1.54) is 12.8 Å². The van der Waals surface area contributed by atoms with Crippen LogP contribution in [0, 0.1) is 5.92 Å². The minimum atomic E-state index is 0.0456. The van der Waals surface area contributed by atoms with Crippen molar-refractivity contribution in [3.63, 3.8) is 0 Å². The molecule has 2 N–H and O–H groups in total. The fourth-order valence-electron chi connectivity index (χ4n) is 2.54. The smallest absolute Gasteiger partial charge is 0.254 e. The molecule has 0 saturated carbocycles. The highest BCUT2D eigenvalue weighted by Gasteiger charge is 2.27. The highest BCUT2D eigenvalue weighted by Crippen LogP contribution is 2.25. The molecule has 0 saturated heterocycles. The van der Waals surface area contributed by atoms with Gasteiger partial charge in [-0.05, 0) is 30.9 Å². The first-order chi connectivity index (χ1) is 8.76. The maximum Gasteiger partial charge on any atom is 0.254 e. The number of benzene rings is 1. The number of para-hydroxylation sites is 1. The molecule has 1 aromatic rings. The van der Waals surface area contributed by atoms with Gasteiger partial charge in [-0.1, -0.05) is 38.8 Å². The van der Waals surface area contributed by atoms with Crippen LogP contribution in [-0.2, 0) is 0 Å². The number of carbonyl (C=O) groups is 1. The van der Waals surface area contributed by atoms with Crippen molar-refractivity contribution in [1.82, 2.24) is 5.32 Å². The summed E-state index contributed by atoms with van der Waals surface area (Å²) < 4.78 is 0. The Hall–Kier alpha value is -1.51. The maximum absolute atomic E-state index is 12.0. The zero-order valence-electron chi connectivity index (χ0n) is 11.2. The van der Waals surface area contributed by atoms with E-state index in [1.54, 1.807) is 0 Å². The number of anilines is 1. The lowest BCUT2D eigenvalue weighted by Crippen LogP contribution is -2.49. The normalized spacial score (nSPS) is 19.7. The molecule has 1 aliphatic rings. The van der Waals surface area contributed by atoms with Crippen LogP contribution in [0.3, 0.4) is 0 Å². The third kappa shape index (κ3) is 2.66. The van der Waals surface area contributed by atoms with E-state index in [0.29, 0.717) is 5.92 Å². The summed E-state index contributed by atoms with van der Waals surface area (Å²) in [7, 11) is 0. The van der Waals surface area contributed by atoms with E-state index in [1.807, 2.05) is 24.3 Å². The van der Waals surface area contributed by atoms with Gasteiger partial charge in [0.25, 0.3) is 5.91 Å². The Kier molecular flexibility index (Phi) is 4.24. The van der Waals surface area contributed by atoms with Gasteiger partial charge in [-0.15, -0.1) is 0 Å². The van der Waals surface area contributed by atoms with Gasteiger partial charge in [0.1, 0.15) is 6.17 Å². The van der Waals surface area contributed by atoms with E-state index in [2.05, 4.69) is 24.5 Å². The van der Waals surface area contributed by atoms with Gasteiger partial charge in [-0.25, -0.2) is 0 Å². The van der Waals surface area contributed by atoms with Crippen molar-refractivity contribution in [2.24, 2.45) is 5.92 Å². The second kappa shape index (κ2) is 5.89. The molecule has 1 aliphatic heterocycles. The first kappa shape index (κ1) is 12.9. The van der Waals surface area contributed by atoms with Gasteiger partial charge in [0.05, 0.1) is 5.56 Å².